The average molecular weight is 309 g/mol. The van der Waals surface area contributed by atoms with Crippen LogP contribution in [0.15, 0.2) is 12.2 Å². The van der Waals surface area contributed by atoms with Crippen LogP contribution in [0.4, 0.5) is 0 Å². The molecule has 0 N–H and O–H groups in total. The molecule has 0 aromatic rings. The molecule has 0 aliphatic carbocycles. The molecule has 0 aliphatic heterocycles. The summed E-state index contributed by atoms with van der Waals surface area (Å²) >= 11 is 0. The van der Waals surface area contributed by atoms with Gasteiger partial charge in [-0.25, -0.2) is 0 Å². The van der Waals surface area contributed by atoms with Crippen molar-refractivity contribution in [2.45, 2.75) is 117 Å². The molecule has 0 aromatic carbocycles. The normalized spacial score (nSPS) is 11.4. The number of unbranched alkanes of at least 4 members (excludes halogenated alkanes) is 11. The largest absolute Gasteiger partial charge is 0.300 e. The number of allylic oxidation sites excluding steroid dienone is 2. The molecule has 0 heterocycles. The number of ketones is 1. The van der Waals surface area contributed by atoms with Gasteiger partial charge < -0.3 is 0 Å². The number of Topliss-reactive ketones (excluding diaryl/α,β-unsaturated/α-hetero) is 1. The SMILES string of the molecule is CCCCC/C=C/CCCC(=O)CCCCCCCCCC. The lowest BCUT2D eigenvalue weighted by atomic mass is 10.0. The standard InChI is InChI=1S/C21H40O/c1-3-5-7-9-11-13-15-17-19-21(22)20-18-16-14-12-10-8-6-4-2/h11,13H,3-10,12,14-20H2,1-2H3/b13-11+. The molecule has 0 rings (SSSR count). The van der Waals surface area contributed by atoms with Gasteiger partial charge in [0.15, 0.2) is 0 Å². The molecule has 1 heteroatoms. The summed E-state index contributed by atoms with van der Waals surface area (Å²) in [4.78, 5) is 11.8. The van der Waals surface area contributed by atoms with Gasteiger partial charge >= 0.3 is 0 Å². The van der Waals surface area contributed by atoms with Crippen LogP contribution in [-0.4, -0.2) is 5.78 Å². The Hall–Kier alpha value is -0.590. The van der Waals surface area contributed by atoms with Crippen LogP contribution >= 0.6 is 0 Å². The van der Waals surface area contributed by atoms with Crippen LogP contribution in [0.2, 0.25) is 0 Å². The molecule has 130 valence electrons. The maximum Gasteiger partial charge on any atom is 0.132 e. The van der Waals surface area contributed by atoms with Crippen LogP contribution in [0.25, 0.3) is 0 Å². The van der Waals surface area contributed by atoms with Crippen molar-refractivity contribution in [3.8, 4) is 0 Å². The van der Waals surface area contributed by atoms with Crippen molar-refractivity contribution in [2.24, 2.45) is 0 Å². The topological polar surface area (TPSA) is 17.1 Å². The third kappa shape index (κ3) is 17.5. The minimum Gasteiger partial charge on any atom is -0.300 e. The summed E-state index contributed by atoms with van der Waals surface area (Å²) in [7, 11) is 0. The third-order valence-corrected chi connectivity index (χ3v) is 4.28. The molecular weight excluding hydrogens is 268 g/mol. The van der Waals surface area contributed by atoms with E-state index in [1.807, 2.05) is 0 Å². The molecule has 0 fully saturated rings. The number of carbonyl (C=O) groups is 1. The number of hydrogen-bond donors (Lipinski definition) is 0. The molecule has 0 amide bonds. The van der Waals surface area contributed by atoms with E-state index in [0.29, 0.717) is 5.78 Å². The zero-order valence-electron chi connectivity index (χ0n) is 15.4. The summed E-state index contributed by atoms with van der Waals surface area (Å²) in [6.07, 6.45) is 23.9. The van der Waals surface area contributed by atoms with Crippen molar-refractivity contribution in [3.63, 3.8) is 0 Å². The number of rotatable bonds is 17. The monoisotopic (exact) mass is 308 g/mol. The van der Waals surface area contributed by atoms with Crippen molar-refractivity contribution in [2.75, 3.05) is 0 Å². The molecule has 0 bridgehead atoms. The molecule has 22 heavy (non-hydrogen) atoms. The molecule has 0 unspecified atom stereocenters. The Morgan fingerprint density at radius 3 is 1.68 bits per heavy atom. The Balaban J connectivity index is 3.22. The van der Waals surface area contributed by atoms with Crippen LogP contribution in [-0.2, 0) is 4.79 Å². The van der Waals surface area contributed by atoms with E-state index in [0.717, 1.165) is 32.1 Å². The fourth-order valence-electron chi connectivity index (χ4n) is 2.75. The van der Waals surface area contributed by atoms with Crippen LogP contribution in [0, 0.1) is 0 Å². The summed E-state index contributed by atoms with van der Waals surface area (Å²) in [6.45, 7) is 4.50. The third-order valence-electron chi connectivity index (χ3n) is 4.28. The molecule has 0 radical (unpaired) electrons. The minimum absolute atomic E-state index is 0.477. The summed E-state index contributed by atoms with van der Waals surface area (Å²) in [6, 6.07) is 0. The fourth-order valence-corrected chi connectivity index (χ4v) is 2.75. The lowest BCUT2D eigenvalue weighted by Gasteiger charge is -2.02. The highest BCUT2D eigenvalue weighted by atomic mass is 16.1. The molecule has 0 aromatic heterocycles. The summed E-state index contributed by atoms with van der Waals surface area (Å²) in [5, 5.41) is 0. The van der Waals surface area contributed by atoms with E-state index in [-0.39, 0.29) is 0 Å². The van der Waals surface area contributed by atoms with Crippen molar-refractivity contribution in [1.29, 1.82) is 0 Å². The van der Waals surface area contributed by atoms with Gasteiger partial charge in [-0.05, 0) is 32.1 Å². The second-order valence-corrected chi connectivity index (χ2v) is 6.62. The summed E-state index contributed by atoms with van der Waals surface area (Å²) in [5.41, 5.74) is 0. The summed E-state index contributed by atoms with van der Waals surface area (Å²) < 4.78 is 0. The molecule has 1 nitrogen and oxygen atoms in total. The lowest BCUT2D eigenvalue weighted by molar-refractivity contribution is -0.119. The van der Waals surface area contributed by atoms with Crippen LogP contribution in [0.3, 0.4) is 0 Å². The van der Waals surface area contributed by atoms with Crippen molar-refractivity contribution in [1.82, 2.24) is 0 Å². The smallest absolute Gasteiger partial charge is 0.132 e. The molecule has 0 aliphatic rings. The highest BCUT2D eigenvalue weighted by Gasteiger charge is 2.01. The zero-order valence-corrected chi connectivity index (χ0v) is 15.4. The molecule has 0 atom stereocenters. The first kappa shape index (κ1) is 21.4. The van der Waals surface area contributed by atoms with Gasteiger partial charge in [-0.3, -0.25) is 4.79 Å². The maximum atomic E-state index is 11.8. The first-order valence-electron chi connectivity index (χ1n) is 9.98. The summed E-state index contributed by atoms with van der Waals surface area (Å²) in [5.74, 6) is 0.477. The van der Waals surface area contributed by atoms with E-state index in [1.165, 1.54) is 70.6 Å². The highest BCUT2D eigenvalue weighted by Crippen LogP contribution is 2.11. The lowest BCUT2D eigenvalue weighted by Crippen LogP contribution is -1.97. The van der Waals surface area contributed by atoms with E-state index in [2.05, 4.69) is 26.0 Å². The van der Waals surface area contributed by atoms with Gasteiger partial charge in [0, 0.05) is 12.8 Å². The van der Waals surface area contributed by atoms with Gasteiger partial charge in [-0.15, -0.1) is 0 Å². The van der Waals surface area contributed by atoms with E-state index >= 15 is 0 Å². The predicted molar refractivity (Wildman–Crippen MR) is 99.4 cm³/mol. The first-order chi connectivity index (χ1) is 10.8. The van der Waals surface area contributed by atoms with Crippen molar-refractivity contribution < 1.29 is 4.79 Å². The Morgan fingerprint density at radius 1 is 0.591 bits per heavy atom. The second kappa shape index (κ2) is 18.5. The first-order valence-corrected chi connectivity index (χ1v) is 9.98. The minimum atomic E-state index is 0.477. The predicted octanol–water partition coefficient (Wildman–Crippen LogP) is 7.39. The fraction of sp³-hybridized carbons (Fsp3) is 0.857. The second-order valence-electron chi connectivity index (χ2n) is 6.62. The Kier molecular flexibility index (Phi) is 18.0. The average Bonchev–Trinajstić information content (AvgIpc) is 2.52. The zero-order chi connectivity index (χ0) is 16.3. The van der Waals surface area contributed by atoms with Crippen LogP contribution in [0.1, 0.15) is 117 Å². The van der Waals surface area contributed by atoms with Crippen molar-refractivity contribution in [3.05, 3.63) is 12.2 Å². The molecule has 0 saturated carbocycles. The van der Waals surface area contributed by atoms with Crippen LogP contribution in [0.5, 0.6) is 0 Å². The van der Waals surface area contributed by atoms with Crippen LogP contribution < -0.4 is 0 Å². The van der Waals surface area contributed by atoms with E-state index in [1.54, 1.807) is 0 Å². The van der Waals surface area contributed by atoms with Gasteiger partial charge in [0.25, 0.3) is 0 Å². The Morgan fingerprint density at radius 2 is 1.05 bits per heavy atom. The number of carbonyl (C=O) groups excluding carboxylic acids is 1. The van der Waals surface area contributed by atoms with Gasteiger partial charge in [-0.2, -0.15) is 0 Å². The van der Waals surface area contributed by atoms with Gasteiger partial charge in [0.1, 0.15) is 5.78 Å². The Labute approximate surface area is 140 Å². The van der Waals surface area contributed by atoms with Gasteiger partial charge in [-0.1, -0.05) is 83.8 Å². The van der Waals surface area contributed by atoms with Gasteiger partial charge in [0.2, 0.25) is 0 Å². The number of hydrogen-bond acceptors (Lipinski definition) is 1. The quantitative estimate of drug-likeness (QED) is 0.202. The van der Waals surface area contributed by atoms with E-state index < -0.39 is 0 Å². The molecule has 0 spiro atoms. The van der Waals surface area contributed by atoms with E-state index in [4.69, 9.17) is 0 Å². The highest BCUT2D eigenvalue weighted by molar-refractivity contribution is 5.78. The molecule has 0 saturated heterocycles. The van der Waals surface area contributed by atoms with Gasteiger partial charge in [0.05, 0.1) is 0 Å². The molecular formula is C21H40O. The maximum absolute atomic E-state index is 11.8. The van der Waals surface area contributed by atoms with E-state index in [9.17, 15) is 4.79 Å². The van der Waals surface area contributed by atoms with Crippen molar-refractivity contribution >= 4 is 5.78 Å². The Bertz CT molecular complexity index is 255.